The van der Waals surface area contributed by atoms with Gasteiger partial charge in [-0.1, -0.05) is 19.8 Å². The highest BCUT2D eigenvalue weighted by Gasteiger charge is 2.20. The van der Waals surface area contributed by atoms with Crippen LogP contribution in [-0.2, 0) is 4.74 Å². The lowest BCUT2D eigenvalue weighted by atomic mass is 9.89. The first-order valence-corrected chi connectivity index (χ1v) is 8.89. The van der Waals surface area contributed by atoms with Gasteiger partial charge in [-0.15, -0.1) is 0 Å². The third kappa shape index (κ3) is 6.64. The van der Waals surface area contributed by atoms with E-state index in [1.54, 1.807) is 0 Å². The van der Waals surface area contributed by atoms with Gasteiger partial charge in [0.05, 0.1) is 18.8 Å². The van der Waals surface area contributed by atoms with Crippen LogP contribution in [0.15, 0.2) is 0 Å². The average Bonchev–Trinajstić information content (AvgIpc) is 2.96. The fraction of sp³-hybridized carbons (Fsp3) is 1.00. The van der Waals surface area contributed by atoms with Gasteiger partial charge in [0.25, 0.3) is 0 Å². The molecule has 0 aromatic rings. The molecule has 21 heavy (non-hydrogen) atoms. The number of aliphatic hydroxyl groups excluding tert-OH is 1. The Kier molecular flexibility index (Phi) is 7.44. The first-order valence-electron chi connectivity index (χ1n) is 8.89. The maximum absolute atomic E-state index is 10.1. The Morgan fingerprint density at radius 1 is 1.24 bits per heavy atom. The fourth-order valence-electron chi connectivity index (χ4n) is 3.59. The molecule has 2 aliphatic rings. The molecule has 2 N–H and O–H groups in total. The lowest BCUT2D eigenvalue weighted by Crippen LogP contribution is -2.42. The van der Waals surface area contributed by atoms with Crippen molar-refractivity contribution in [3.8, 4) is 0 Å². The summed E-state index contributed by atoms with van der Waals surface area (Å²) in [6.45, 7) is 9.17. The van der Waals surface area contributed by atoms with Gasteiger partial charge in [0.1, 0.15) is 0 Å². The highest BCUT2D eigenvalue weighted by atomic mass is 16.5. The summed E-state index contributed by atoms with van der Waals surface area (Å²) in [5.41, 5.74) is 0. The van der Waals surface area contributed by atoms with E-state index < -0.39 is 0 Å². The van der Waals surface area contributed by atoms with Crippen molar-refractivity contribution in [2.24, 2.45) is 5.92 Å². The number of hydrogen-bond acceptors (Lipinski definition) is 4. The summed E-state index contributed by atoms with van der Waals surface area (Å²) < 4.78 is 5.88. The molecule has 0 amide bonds. The molecule has 2 fully saturated rings. The van der Waals surface area contributed by atoms with Crippen LogP contribution in [0.2, 0.25) is 0 Å². The Hall–Kier alpha value is -0.160. The zero-order chi connectivity index (χ0) is 15.1. The maximum atomic E-state index is 10.1. The number of rotatable bonds is 8. The molecule has 0 radical (unpaired) electrons. The van der Waals surface area contributed by atoms with Crippen LogP contribution < -0.4 is 5.32 Å². The van der Waals surface area contributed by atoms with E-state index in [0.717, 1.165) is 25.3 Å². The van der Waals surface area contributed by atoms with Crippen LogP contribution in [-0.4, -0.2) is 61.0 Å². The lowest BCUT2D eigenvalue weighted by Gasteiger charge is -2.28. The second-order valence-corrected chi connectivity index (χ2v) is 7.20. The zero-order valence-corrected chi connectivity index (χ0v) is 13.9. The molecule has 1 saturated heterocycles. The molecule has 1 heterocycles. The second kappa shape index (κ2) is 9.09. The van der Waals surface area contributed by atoms with Crippen molar-refractivity contribution >= 4 is 0 Å². The zero-order valence-electron chi connectivity index (χ0n) is 13.9. The standard InChI is InChI=1S/C17H34N2O2/c1-14-6-5-7-17(10-14)21-13-16(20)11-18-15(2)12-19-8-3-4-9-19/h14-18,20H,3-13H2,1-2H3. The third-order valence-electron chi connectivity index (χ3n) is 4.85. The summed E-state index contributed by atoms with van der Waals surface area (Å²) in [6.07, 6.45) is 7.58. The Morgan fingerprint density at radius 3 is 2.71 bits per heavy atom. The predicted octanol–water partition coefficient (Wildman–Crippen LogP) is 2.02. The van der Waals surface area contributed by atoms with E-state index >= 15 is 0 Å². The lowest BCUT2D eigenvalue weighted by molar-refractivity contribution is -0.0312. The van der Waals surface area contributed by atoms with Crippen molar-refractivity contribution in [2.75, 3.05) is 32.8 Å². The van der Waals surface area contributed by atoms with E-state index in [1.165, 1.54) is 38.8 Å². The number of likely N-dealkylation sites (tertiary alicyclic amines) is 1. The molecule has 1 aliphatic carbocycles. The van der Waals surface area contributed by atoms with Gasteiger partial charge in [-0.3, -0.25) is 0 Å². The van der Waals surface area contributed by atoms with Crippen LogP contribution in [0.25, 0.3) is 0 Å². The molecule has 4 nitrogen and oxygen atoms in total. The van der Waals surface area contributed by atoms with Gasteiger partial charge in [-0.25, -0.2) is 0 Å². The number of ether oxygens (including phenoxy) is 1. The summed E-state index contributed by atoms with van der Waals surface area (Å²) in [4.78, 5) is 2.50. The molecule has 124 valence electrons. The normalized spacial score (nSPS) is 30.4. The molecule has 0 aromatic heterocycles. The Balaban J connectivity index is 1.53. The number of aliphatic hydroxyl groups is 1. The van der Waals surface area contributed by atoms with E-state index in [4.69, 9.17) is 4.74 Å². The van der Waals surface area contributed by atoms with Gasteiger partial charge in [-0.2, -0.15) is 0 Å². The topological polar surface area (TPSA) is 44.7 Å². The number of hydrogen-bond donors (Lipinski definition) is 2. The highest BCUT2D eigenvalue weighted by molar-refractivity contribution is 4.74. The van der Waals surface area contributed by atoms with E-state index in [0.29, 0.717) is 25.3 Å². The highest BCUT2D eigenvalue weighted by Crippen LogP contribution is 2.25. The van der Waals surface area contributed by atoms with Crippen molar-refractivity contribution < 1.29 is 9.84 Å². The fourth-order valence-corrected chi connectivity index (χ4v) is 3.59. The largest absolute Gasteiger partial charge is 0.389 e. The maximum Gasteiger partial charge on any atom is 0.0897 e. The van der Waals surface area contributed by atoms with Crippen LogP contribution in [0, 0.1) is 5.92 Å². The van der Waals surface area contributed by atoms with Gasteiger partial charge >= 0.3 is 0 Å². The van der Waals surface area contributed by atoms with Crippen LogP contribution in [0.1, 0.15) is 52.4 Å². The molecule has 4 heteroatoms. The summed E-state index contributed by atoms with van der Waals surface area (Å²) in [5, 5.41) is 13.5. The minimum Gasteiger partial charge on any atom is -0.389 e. The van der Waals surface area contributed by atoms with Crippen LogP contribution in [0.4, 0.5) is 0 Å². The van der Waals surface area contributed by atoms with Gasteiger partial charge in [-0.05, 0) is 51.6 Å². The minimum atomic E-state index is -0.386. The van der Waals surface area contributed by atoms with Crippen LogP contribution in [0.3, 0.4) is 0 Å². The van der Waals surface area contributed by atoms with E-state index in [-0.39, 0.29) is 6.10 Å². The summed E-state index contributed by atoms with van der Waals surface area (Å²) in [5.74, 6) is 0.777. The number of nitrogens with zero attached hydrogens (tertiary/aromatic N) is 1. The van der Waals surface area contributed by atoms with Gasteiger partial charge in [0.15, 0.2) is 0 Å². The second-order valence-electron chi connectivity index (χ2n) is 7.20. The van der Waals surface area contributed by atoms with Gasteiger partial charge in [0, 0.05) is 19.1 Å². The van der Waals surface area contributed by atoms with Crippen LogP contribution in [0.5, 0.6) is 0 Å². The molecule has 1 aliphatic heterocycles. The summed E-state index contributed by atoms with van der Waals surface area (Å²) in [7, 11) is 0. The SMILES string of the molecule is CC1CCCC(OCC(O)CNC(C)CN2CCCC2)C1. The van der Waals surface area contributed by atoms with Crippen molar-refractivity contribution in [3.05, 3.63) is 0 Å². The van der Waals surface area contributed by atoms with Crippen molar-refractivity contribution in [2.45, 2.75) is 70.6 Å². The molecule has 0 bridgehead atoms. The van der Waals surface area contributed by atoms with Gasteiger partial charge < -0.3 is 20.1 Å². The van der Waals surface area contributed by atoms with Crippen LogP contribution >= 0.6 is 0 Å². The number of nitrogens with one attached hydrogen (secondary N) is 1. The smallest absolute Gasteiger partial charge is 0.0897 e. The first-order chi connectivity index (χ1) is 10.1. The monoisotopic (exact) mass is 298 g/mol. The third-order valence-corrected chi connectivity index (χ3v) is 4.85. The van der Waals surface area contributed by atoms with Gasteiger partial charge in [0.2, 0.25) is 0 Å². The Bertz CT molecular complexity index is 282. The first kappa shape index (κ1) is 17.2. The molecule has 4 atom stereocenters. The minimum absolute atomic E-state index is 0.366. The van der Waals surface area contributed by atoms with Crippen molar-refractivity contribution in [1.29, 1.82) is 0 Å². The Morgan fingerprint density at radius 2 is 2.00 bits per heavy atom. The Labute approximate surface area is 130 Å². The van der Waals surface area contributed by atoms with E-state index in [1.807, 2.05) is 0 Å². The summed E-state index contributed by atoms with van der Waals surface area (Å²) in [6, 6.07) is 0.437. The molecule has 2 rings (SSSR count). The molecular weight excluding hydrogens is 264 g/mol. The average molecular weight is 298 g/mol. The predicted molar refractivity (Wildman–Crippen MR) is 86.5 cm³/mol. The summed E-state index contributed by atoms with van der Waals surface area (Å²) >= 11 is 0. The molecule has 4 unspecified atom stereocenters. The molecular formula is C17H34N2O2. The van der Waals surface area contributed by atoms with E-state index in [2.05, 4.69) is 24.1 Å². The van der Waals surface area contributed by atoms with Crippen molar-refractivity contribution in [3.63, 3.8) is 0 Å². The quantitative estimate of drug-likeness (QED) is 0.719. The molecule has 0 spiro atoms. The van der Waals surface area contributed by atoms with E-state index in [9.17, 15) is 5.11 Å². The molecule has 1 saturated carbocycles. The van der Waals surface area contributed by atoms with Crippen molar-refractivity contribution in [1.82, 2.24) is 10.2 Å². The molecule has 0 aromatic carbocycles.